The van der Waals surface area contributed by atoms with E-state index in [0.717, 1.165) is 70.8 Å². The van der Waals surface area contributed by atoms with Crippen LogP contribution in [-0.2, 0) is 16.9 Å². The van der Waals surface area contributed by atoms with Crippen LogP contribution in [0.3, 0.4) is 0 Å². The molecule has 0 N–H and O–H groups in total. The first-order valence-electron chi connectivity index (χ1n) is 15.8. The summed E-state index contributed by atoms with van der Waals surface area (Å²) in [5.41, 5.74) is 5.27. The summed E-state index contributed by atoms with van der Waals surface area (Å²) in [7, 11) is 0. The zero-order valence-corrected chi connectivity index (χ0v) is 25.9. The van der Waals surface area contributed by atoms with Crippen LogP contribution >= 0.6 is 0 Å². The van der Waals surface area contributed by atoms with Gasteiger partial charge in [0.1, 0.15) is 5.75 Å². The van der Waals surface area contributed by atoms with E-state index in [1.54, 1.807) is 18.5 Å². The Kier molecular flexibility index (Phi) is 9.20. The van der Waals surface area contributed by atoms with Crippen molar-refractivity contribution in [2.45, 2.75) is 85.3 Å². The molecular weight excluding hydrogens is 522 g/mol. The second-order valence-corrected chi connectivity index (χ2v) is 11.2. The zero-order chi connectivity index (χ0) is 29.7. The summed E-state index contributed by atoms with van der Waals surface area (Å²) in [6, 6.07) is 16.6. The Morgan fingerprint density at radius 3 is 2.45 bits per heavy atom. The van der Waals surface area contributed by atoms with Crippen molar-refractivity contribution < 1.29 is 14.3 Å². The number of esters is 1. The highest BCUT2D eigenvalue weighted by Crippen LogP contribution is 2.53. The van der Waals surface area contributed by atoms with Crippen molar-refractivity contribution in [1.82, 2.24) is 9.55 Å². The molecule has 222 valence electrons. The van der Waals surface area contributed by atoms with Crippen LogP contribution in [0, 0.1) is 6.92 Å². The van der Waals surface area contributed by atoms with Crippen LogP contribution in [0.15, 0.2) is 60.9 Å². The molecule has 1 aliphatic rings. The summed E-state index contributed by atoms with van der Waals surface area (Å²) in [4.78, 5) is 20.4. The minimum absolute atomic E-state index is 0.338. The maximum atomic E-state index is 13.6. The zero-order valence-electron chi connectivity index (χ0n) is 25.9. The van der Waals surface area contributed by atoms with E-state index in [2.05, 4.69) is 84.6 Å². The third kappa shape index (κ3) is 5.16. The standard InChI is InChI=1S/C36H45N3O3/c1-6-10-11-12-13-16-23-39-26(5)34(29-17-14-15-18-32(29)39)36(31-25-37-22-21-28(31)35(40)42-36)30-20-19-27(38(7-2)8-3)24-33(30)41-9-4/h14-15,17-22,24-25H,6-13,16,23H2,1-5H3. The number of hydrogen-bond donors (Lipinski definition) is 0. The second-order valence-electron chi connectivity index (χ2n) is 11.2. The third-order valence-electron chi connectivity index (χ3n) is 8.76. The van der Waals surface area contributed by atoms with Gasteiger partial charge in [0.2, 0.25) is 0 Å². The minimum atomic E-state index is -1.19. The number of carbonyl (C=O) groups excluding carboxylic acids is 1. The number of ether oxygens (including phenoxy) is 2. The minimum Gasteiger partial charge on any atom is -0.493 e. The van der Waals surface area contributed by atoms with E-state index in [1.165, 1.54) is 32.1 Å². The van der Waals surface area contributed by atoms with E-state index >= 15 is 0 Å². The number of fused-ring (bicyclic) bond motifs is 2. The quantitative estimate of drug-likeness (QED) is 0.113. The molecule has 0 amide bonds. The van der Waals surface area contributed by atoms with Gasteiger partial charge in [-0.2, -0.15) is 0 Å². The van der Waals surface area contributed by atoms with Gasteiger partial charge in [-0.15, -0.1) is 0 Å². The summed E-state index contributed by atoms with van der Waals surface area (Å²) in [6.45, 7) is 13.9. The molecular formula is C36H45N3O3. The number of carbonyl (C=O) groups is 1. The van der Waals surface area contributed by atoms with Crippen molar-refractivity contribution in [3.8, 4) is 5.75 Å². The van der Waals surface area contributed by atoms with E-state index in [4.69, 9.17) is 9.47 Å². The van der Waals surface area contributed by atoms with Crippen LogP contribution in [-0.4, -0.2) is 35.2 Å². The van der Waals surface area contributed by atoms with Crippen LogP contribution in [0.25, 0.3) is 10.9 Å². The molecule has 4 aromatic rings. The monoisotopic (exact) mass is 567 g/mol. The van der Waals surface area contributed by atoms with Gasteiger partial charge >= 0.3 is 5.97 Å². The molecule has 2 aromatic heterocycles. The Labute approximate surface area is 250 Å². The van der Waals surface area contributed by atoms with E-state index in [-0.39, 0.29) is 5.97 Å². The Morgan fingerprint density at radius 1 is 0.929 bits per heavy atom. The number of benzene rings is 2. The number of hydrogen-bond acceptors (Lipinski definition) is 5. The smallest absolute Gasteiger partial charge is 0.340 e. The highest BCUT2D eigenvalue weighted by molar-refractivity contribution is 5.98. The maximum absolute atomic E-state index is 13.6. The Balaban J connectivity index is 1.73. The number of pyridine rings is 1. The normalized spacial score (nSPS) is 16.1. The van der Waals surface area contributed by atoms with Crippen molar-refractivity contribution in [3.63, 3.8) is 0 Å². The number of aromatic nitrogens is 2. The first-order valence-corrected chi connectivity index (χ1v) is 15.8. The van der Waals surface area contributed by atoms with Gasteiger partial charge < -0.3 is 18.9 Å². The molecule has 0 saturated carbocycles. The largest absolute Gasteiger partial charge is 0.493 e. The molecule has 2 aromatic carbocycles. The predicted octanol–water partition coefficient (Wildman–Crippen LogP) is 8.41. The maximum Gasteiger partial charge on any atom is 0.340 e. The van der Waals surface area contributed by atoms with Gasteiger partial charge in [0.05, 0.1) is 12.2 Å². The molecule has 6 nitrogen and oxygen atoms in total. The highest BCUT2D eigenvalue weighted by Gasteiger charge is 2.53. The SMILES string of the molecule is CCCCCCCCn1c(C)c(C2(c3ccc(N(CC)CC)cc3OCC)OC(=O)c3ccncc32)c2ccccc21. The summed E-state index contributed by atoms with van der Waals surface area (Å²) in [6.07, 6.45) is 10.9. The Morgan fingerprint density at radius 2 is 1.69 bits per heavy atom. The lowest BCUT2D eigenvalue weighted by Crippen LogP contribution is -2.31. The van der Waals surface area contributed by atoms with Crippen LogP contribution in [0.5, 0.6) is 5.75 Å². The van der Waals surface area contributed by atoms with E-state index < -0.39 is 5.60 Å². The summed E-state index contributed by atoms with van der Waals surface area (Å²) >= 11 is 0. The lowest BCUT2D eigenvalue weighted by molar-refractivity contribution is 0.0245. The fourth-order valence-electron chi connectivity index (χ4n) is 6.70. The molecule has 1 aliphatic heterocycles. The average molecular weight is 568 g/mol. The van der Waals surface area contributed by atoms with Crippen molar-refractivity contribution in [3.05, 3.63) is 88.9 Å². The van der Waals surface area contributed by atoms with Gasteiger partial charge in [-0.1, -0.05) is 57.2 Å². The molecule has 1 atom stereocenters. The van der Waals surface area contributed by atoms with E-state index in [0.29, 0.717) is 12.2 Å². The Hall–Kier alpha value is -3.80. The van der Waals surface area contributed by atoms with Gasteiger partial charge in [-0.05, 0) is 58.4 Å². The molecule has 3 heterocycles. The summed E-state index contributed by atoms with van der Waals surface area (Å²) in [5, 5.41) is 1.08. The van der Waals surface area contributed by atoms with Gasteiger partial charge in [-0.25, -0.2) is 4.79 Å². The molecule has 6 heteroatoms. The molecule has 1 unspecified atom stereocenters. The number of aryl methyl sites for hydroxylation is 1. The summed E-state index contributed by atoms with van der Waals surface area (Å²) < 4.78 is 15.4. The third-order valence-corrected chi connectivity index (χ3v) is 8.76. The lowest BCUT2D eigenvalue weighted by Gasteiger charge is -2.33. The average Bonchev–Trinajstić information content (AvgIpc) is 3.46. The molecule has 0 fully saturated rings. The van der Waals surface area contributed by atoms with E-state index in [1.807, 2.05) is 6.92 Å². The Bertz CT molecular complexity index is 1540. The topological polar surface area (TPSA) is 56.6 Å². The molecule has 0 radical (unpaired) electrons. The lowest BCUT2D eigenvalue weighted by atomic mass is 9.78. The molecule has 0 aliphatic carbocycles. The number of nitrogens with zero attached hydrogens (tertiary/aromatic N) is 3. The second kappa shape index (κ2) is 13.0. The van der Waals surface area contributed by atoms with E-state index in [9.17, 15) is 4.79 Å². The molecule has 0 bridgehead atoms. The van der Waals surface area contributed by atoms with Crippen LogP contribution in [0.2, 0.25) is 0 Å². The van der Waals surface area contributed by atoms with Gasteiger partial charge in [0, 0.05) is 77.1 Å². The predicted molar refractivity (Wildman–Crippen MR) is 171 cm³/mol. The fraction of sp³-hybridized carbons (Fsp3) is 0.444. The first-order chi connectivity index (χ1) is 20.5. The number of para-hydroxylation sites is 1. The first kappa shape index (κ1) is 29.7. The van der Waals surface area contributed by atoms with Crippen molar-refractivity contribution in [2.24, 2.45) is 0 Å². The number of rotatable bonds is 14. The number of unbranched alkanes of at least 4 members (excludes halogenated alkanes) is 5. The van der Waals surface area contributed by atoms with Crippen LogP contribution < -0.4 is 9.64 Å². The highest BCUT2D eigenvalue weighted by atomic mass is 16.6. The van der Waals surface area contributed by atoms with Gasteiger partial charge in [0.15, 0.2) is 5.60 Å². The van der Waals surface area contributed by atoms with Crippen molar-refractivity contribution >= 4 is 22.6 Å². The van der Waals surface area contributed by atoms with Gasteiger partial charge in [0.25, 0.3) is 0 Å². The van der Waals surface area contributed by atoms with Gasteiger partial charge in [-0.3, -0.25) is 4.98 Å². The molecule has 42 heavy (non-hydrogen) atoms. The molecule has 5 rings (SSSR count). The van der Waals surface area contributed by atoms with Crippen molar-refractivity contribution in [1.29, 1.82) is 0 Å². The summed E-state index contributed by atoms with van der Waals surface area (Å²) in [5.74, 6) is 0.383. The number of anilines is 1. The molecule has 0 spiro atoms. The van der Waals surface area contributed by atoms with Crippen LogP contribution in [0.1, 0.15) is 99.0 Å². The van der Waals surface area contributed by atoms with Crippen molar-refractivity contribution in [2.75, 3.05) is 24.6 Å². The van der Waals surface area contributed by atoms with Crippen LogP contribution in [0.4, 0.5) is 5.69 Å². The molecule has 0 saturated heterocycles. The fourth-order valence-corrected chi connectivity index (χ4v) is 6.70. The number of cyclic esters (lactones) is 1.